The lowest BCUT2D eigenvalue weighted by Crippen LogP contribution is -2.66. The first kappa shape index (κ1) is 29.6. The van der Waals surface area contributed by atoms with Gasteiger partial charge in [0.1, 0.15) is 17.3 Å². The fourth-order valence-corrected chi connectivity index (χ4v) is 11.1. The van der Waals surface area contributed by atoms with Crippen LogP contribution in [-0.2, 0) is 19.1 Å². The van der Waals surface area contributed by atoms with Crippen molar-refractivity contribution in [3.8, 4) is 0 Å². The molecule has 0 aromatic heterocycles. The Morgan fingerprint density at radius 3 is 2.27 bits per heavy atom. The maximum absolute atomic E-state index is 13.4. The molecule has 5 aliphatic rings. The summed E-state index contributed by atoms with van der Waals surface area (Å²) in [4.78, 5) is 39.4. The van der Waals surface area contributed by atoms with Crippen LogP contribution in [0.4, 0.5) is 0 Å². The molecule has 0 aromatic carbocycles. The van der Waals surface area contributed by atoms with E-state index < -0.39 is 23.5 Å². The van der Waals surface area contributed by atoms with E-state index in [0.717, 1.165) is 38.5 Å². The van der Waals surface area contributed by atoms with Gasteiger partial charge < -0.3 is 9.84 Å². The third-order valence-electron chi connectivity index (χ3n) is 13.8. The molecule has 4 saturated carbocycles. The second kappa shape index (κ2) is 9.04. The Labute approximate surface area is 241 Å². The molecule has 5 aliphatic carbocycles. The van der Waals surface area contributed by atoms with E-state index in [9.17, 15) is 19.5 Å². The second-order valence-corrected chi connectivity index (χ2v) is 16.3. The predicted octanol–water partition coefficient (Wildman–Crippen LogP) is 7.93. The summed E-state index contributed by atoms with van der Waals surface area (Å²) in [5.74, 6) is -0.125. The van der Waals surface area contributed by atoms with E-state index >= 15 is 0 Å². The van der Waals surface area contributed by atoms with Crippen molar-refractivity contribution >= 4 is 17.7 Å². The van der Waals surface area contributed by atoms with Gasteiger partial charge in [0, 0.05) is 23.3 Å². The number of fused-ring (bicyclic) bond motifs is 7. The van der Waals surface area contributed by atoms with Crippen molar-refractivity contribution in [3.63, 3.8) is 0 Å². The molecular formula is C35H52O5. The number of ether oxygens (including phenoxy) is 1. The van der Waals surface area contributed by atoms with Crippen LogP contribution in [0.25, 0.3) is 0 Å². The Balaban J connectivity index is 1.60. The molecule has 8 atom stereocenters. The van der Waals surface area contributed by atoms with Crippen molar-refractivity contribution in [2.75, 3.05) is 0 Å². The van der Waals surface area contributed by atoms with Gasteiger partial charge in [-0.15, -0.1) is 0 Å². The van der Waals surface area contributed by atoms with Gasteiger partial charge in [0.05, 0.1) is 0 Å². The lowest BCUT2D eigenvalue weighted by atomic mass is 9.33. The molecule has 5 heteroatoms. The summed E-state index contributed by atoms with van der Waals surface area (Å²) in [5.41, 5.74) is 0.279. The molecule has 0 bridgehead atoms. The first-order valence-corrected chi connectivity index (χ1v) is 15.7. The smallest absolute Gasteiger partial charge is 0.333 e. The normalized spacial score (nSPS) is 45.7. The van der Waals surface area contributed by atoms with Crippen molar-refractivity contribution in [2.24, 2.45) is 50.2 Å². The van der Waals surface area contributed by atoms with Crippen LogP contribution in [0.1, 0.15) is 120 Å². The maximum atomic E-state index is 13.4. The van der Waals surface area contributed by atoms with Crippen molar-refractivity contribution in [3.05, 3.63) is 23.3 Å². The summed E-state index contributed by atoms with van der Waals surface area (Å²) in [5, 5.41) is 11.0. The van der Waals surface area contributed by atoms with Crippen LogP contribution in [0.15, 0.2) is 23.3 Å². The summed E-state index contributed by atoms with van der Waals surface area (Å²) in [6, 6.07) is 0. The van der Waals surface area contributed by atoms with Crippen molar-refractivity contribution in [1.29, 1.82) is 0 Å². The highest BCUT2D eigenvalue weighted by molar-refractivity contribution is 5.88. The third kappa shape index (κ3) is 3.73. The van der Waals surface area contributed by atoms with Gasteiger partial charge in [0.2, 0.25) is 0 Å². The first-order chi connectivity index (χ1) is 18.4. The highest BCUT2D eigenvalue weighted by Crippen LogP contribution is 2.75. The van der Waals surface area contributed by atoms with Crippen LogP contribution >= 0.6 is 0 Å². The van der Waals surface area contributed by atoms with Crippen LogP contribution in [0.2, 0.25) is 0 Å². The fourth-order valence-electron chi connectivity index (χ4n) is 11.1. The fraction of sp³-hybridized carbons (Fsp3) is 0.800. The van der Waals surface area contributed by atoms with Gasteiger partial charge in [0.25, 0.3) is 0 Å². The molecule has 0 amide bonds. The predicted molar refractivity (Wildman–Crippen MR) is 156 cm³/mol. The molecule has 5 nitrogen and oxygen atoms in total. The average molecular weight is 553 g/mol. The summed E-state index contributed by atoms with van der Waals surface area (Å²) in [6.07, 6.45) is 10.9. The molecular weight excluding hydrogens is 500 g/mol. The molecule has 0 radical (unpaired) electrons. The zero-order valence-electron chi connectivity index (χ0n) is 26.4. The lowest BCUT2D eigenvalue weighted by Gasteiger charge is -2.70. The summed E-state index contributed by atoms with van der Waals surface area (Å²) in [7, 11) is 0. The lowest BCUT2D eigenvalue weighted by molar-refractivity contribution is -0.206. The molecule has 40 heavy (non-hydrogen) atoms. The van der Waals surface area contributed by atoms with Crippen LogP contribution in [0, 0.1) is 50.2 Å². The van der Waals surface area contributed by atoms with Gasteiger partial charge in [-0.2, -0.15) is 0 Å². The monoisotopic (exact) mass is 552 g/mol. The summed E-state index contributed by atoms with van der Waals surface area (Å²) < 4.78 is 6.13. The van der Waals surface area contributed by atoms with Crippen LogP contribution in [0.3, 0.4) is 0 Å². The van der Waals surface area contributed by atoms with Crippen LogP contribution in [-0.4, -0.2) is 28.9 Å². The van der Waals surface area contributed by atoms with E-state index in [4.69, 9.17) is 4.74 Å². The molecule has 0 heterocycles. The molecule has 0 aliphatic heterocycles. The minimum Gasteiger partial charge on any atom is -0.481 e. The number of hydrogen-bond donors (Lipinski definition) is 1. The molecule has 1 N–H and O–H groups in total. The molecule has 7 unspecified atom stereocenters. The zero-order chi connectivity index (χ0) is 29.7. The maximum Gasteiger partial charge on any atom is 0.333 e. The van der Waals surface area contributed by atoms with Crippen LogP contribution in [0.5, 0.6) is 0 Å². The third-order valence-corrected chi connectivity index (χ3v) is 13.8. The van der Waals surface area contributed by atoms with Crippen LogP contribution < -0.4 is 0 Å². The van der Waals surface area contributed by atoms with Crippen molar-refractivity contribution in [1.82, 2.24) is 0 Å². The van der Waals surface area contributed by atoms with Gasteiger partial charge in [-0.1, -0.05) is 66.2 Å². The number of allylic oxidation sites excluding steroid dienone is 3. The van der Waals surface area contributed by atoms with E-state index in [-0.39, 0.29) is 33.0 Å². The SMILES string of the molecule is C/C=C(/C)C(=O)O[C@@H]1CC(C)(C)CC2C3=CCC4C5(C)CCC(=O)C(C)(C)C5CCC4(C)C3(C)CCC21C(=O)O. The first-order valence-electron chi connectivity index (χ1n) is 15.7. The average Bonchev–Trinajstić information content (AvgIpc) is 2.85. The topological polar surface area (TPSA) is 80.7 Å². The highest BCUT2D eigenvalue weighted by atomic mass is 16.5. The standard InChI is InChI=1S/C35H52O5/c1-10-21(2)28(37)40-27-20-30(3,4)19-23-22-11-12-25-32(7)15-14-26(36)31(5,6)24(32)13-16-34(25,9)33(22,8)17-18-35(23,27)29(38)39/h10-11,23-25,27H,12-20H2,1-9H3,(H,38,39)/b21-10-/t23?,24?,25?,27-,32?,33?,34?,35?/m1/s1. The number of Topliss-reactive ketones (excluding diaryl/α,β-unsaturated/α-hetero) is 1. The number of rotatable bonds is 3. The molecule has 4 fully saturated rings. The number of carboxylic acids is 1. The Hall–Kier alpha value is -1.91. The van der Waals surface area contributed by atoms with Gasteiger partial charge in [-0.05, 0) is 98.7 Å². The van der Waals surface area contributed by atoms with E-state index in [2.05, 4.69) is 54.5 Å². The minimum absolute atomic E-state index is 0.0266. The van der Waals surface area contributed by atoms with E-state index in [0.29, 0.717) is 42.5 Å². The highest BCUT2D eigenvalue weighted by Gasteiger charge is 2.71. The van der Waals surface area contributed by atoms with Crippen molar-refractivity contribution in [2.45, 2.75) is 126 Å². The summed E-state index contributed by atoms with van der Waals surface area (Å²) in [6.45, 7) is 19.7. The van der Waals surface area contributed by atoms with E-state index in [1.807, 2.05) is 6.92 Å². The molecule has 0 saturated heterocycles. The number of carbonyl (C=O) groups is 3. The number of carbonyl (C=O) groups excluding carboxylic acids is 2. The Morgan fingerprint density at radius 2 is 1.65 bits per heavy atom. The van der Waals surface area contributed by atoms with E-state index in [1.54, 1.807) is 13.0 Å². The van der Waals surface area contributed by atoms with Gasteiger partial charge in [-0.3, -0.25) is 9.59 Å². The van der Waals surface area contributed by atoms with E-state index in [1.165, 1.54) is 5.57 Å². The van der Waals surface area contributed by atoms with Gasteiger partial charge >= 0.3 is 11.9 Å². The molecule has 0 aromatic rings. The molecule has 0 spiro atoms. The van der Waals surface area contributed by atoms with Gasteiger partial charge in [0.15, 0.2) is 0 Å². The van der Waals surface area contributed by atoms with Gasteiger partial charge in [-0.25, -0.2) is 4.79 Å². The molecule has 222 valence electrons. The second-order valence-electron chi connectivity index (χ2n) is 16.3. The largest absolute Gasteiger partial charge is 0.481 e. The number of hydrogen-bond acceptors (Lipinski definition) is 4. The zero-order valence-corrected chi connectivity index (χ0v) is 26.4. The number of ketones is 1. The Morgan fingerprint density at radius 1 is 0.975 bits per heavy atom. The minimum atomic E-state index is -1.10. The summed E-state index contributed by atoms with van der Waals surface area (Å²) >= 11 is 0. The Kier molecular flexibility index (Phi) is 6.69. The number of esters is 1. The van der Waals surface area contributed by atoms with Crippen molar-refractivity contribution < 1.29 is 24.2 Å². The Bertz CT molecular complexity index is 1190. The number of carboxylic acid groups (broad SMARTS) is 1. The molecule has 5 rings (SSSR count). The quantitative estimate of drug-likeness (QED) is 0.218. The number of aliphatic carboxylic acids is 1.